The average molecular weight is 261 g/mol. The van der Waals surface area contributed by atoms with E-state index >= 15 is 0 Å². The van der Waals surface area contributed by atoms with Crippen molar-refractivity contribution in [1.82, 2.24) is 0 Å². The number of hydrogen-bond donors (Lipinski definition) is 0. The summed E-state index contributed by atoms with van der Waals surface area (Å²) in [7, 11) is 0. The predicted molar refractivity (Wildman–Crippen MR) is 88.2 cm³/mol. The summed E-state index contributed by atoms with van der Waals surface area (Å²) in [5.41, 5.74) is 1.52. The van der Waals surface area contributed by atoms with Crippen LogP contribution in [0.1, 0.15) is 85.0 Å². The third-order valence-corrected chi connectivity index (χ3v) is 3.16. The van der Waals surface area contributed by atoms with Crippen LogP contribution in [0.4, 0.5) is 0 Å². The molecule has 0 nitrogen and oxygen atoms in total. The number of hydrogen-bond acceptors (Lipinski definition) is 0. The van der Waals surface area contributed by atoms with Gasteiger partial charge in [-0.15, -0.1) is 0 Å². The van der Waals surface area contributed by atoms with Crippen LogP contribution >= 0.6 is 0 Å². The molecule has 1 radical (unpaired) electrons. The maximum absolute atomic E-state index is 3.63. The molecular formula is C19H33. The van der Waals surface area contributed by atoms with Gasteiger partial charge in [0.15, 0.2) is 0 Å². The lowest BCUT2D eigenvalue weighted by molar-refractivity contribution is 0.702. The predicted octanol–water partition coefficient (Wildman–Crippen LogP) is 6.79. The first-order valence-electron chi connectivity index (χ1n) is 8.23. The minimum atomic E-state index is 1.08. The first-order valence-corrected chi connectivity index (χ1v) is 8.23. The van der Waals surface area contributed by atoms with Crippen LogP contribution in [-0.4, -0.2) is 0 Å². The Labute approximate surface area is 121 Å². The summed E-state index contributed by atoms with van der Waals surface area (Å²) in [5.74, 6) is 0. The zero-order valence-electron chi connectivity index (χ0n) is 13.4. The highest BCUT2D eigenvalue weighted by molar-refractivity contribution is 5.04. The molecule has 0 aromatic rings. The lowest BCUT2D eigenvalue weighted by atomic mass is 10.0. The Hall–Kier alpha value is -0.780. The van der Waals surface area contributed by atoms with E-state index in [4.69, 9.17) is 0 Å². The molecule has 0 spiro atoms. The van der Waals surface area contributed by atoms with Gasteiger partial charge in [0.2, 0.25) is 0 Å². The zero-order chi connectivity index (χ0) is 14.2. The van der Waals surface area contributed by atoms with Crippen LogP contribution < -0.4 is 0 Å². The van der Waals surface area contributed by atoms with Crippen molar-refractivity contribution < 1.29 is 0 Å². The maximum atomic E-state index is 3.63. The lowest BCUT2D eigenvalue weighted by Gasteiger charge is -2.04. The Bertz CT molecular complexity index is 255. The molecule has 0 aromatic carbocycles. The van der Waals surface area contributed by atoms with Gasteiger partial charge in [0.25, 0.3) is 0 Å². The molecule has 19 heavy (non-hydrogen) atoms. The van der Waals surface area contributed by atoms with Crippen LogP contribution in [0.2, 0.25) is 0 Å². The summed E-state index contributed by atoms with van der Waals surface area (Å²) >= 11 is 0. The Morgan fingerprint density at radius 3 is 2.32 bits per heavy atom. The summed E-state index contributed by atoms with van der Waals surface area (Å²) in [6, 6.07) is 0. The van der Waals surface area contributed by atoms with E-state index in [1.807, 2.05) is 0 Å². The third-order valence-electron chi connectivity index (χ3n) is 3.16. The van der Waals surface area contributed by atoms with Crippen molar-refractivity contribution in [3.63, 3.8) is 0 Å². The van der Waals surface area contributed by atoms with Crippen LogP contribution in [0.15, 0.2) is 29.9 Å². The topological polar surface area (TPSA) is 0 Å². The number of unbranched alkanes of at least 4 members (excludes halogenated alkanes) is 4. The highest BCUT2D eigenvalue weighted by atomic mass is 14.0. The van der Waals surface area contributed by atoms with Gasteiger partial charge >= 0.3 is 0 Å². The van der Waals surface area contributed by atoms with Gasteiger partial charge in [0.05, 0.1) is 0 Å². The Balaban J connectivity index is 4.06. The molecule has 0 heterocycles. The molecule has 109 valence electrons. The van der Waals surface area contributed by atoms with Crippen molar-refractivity contribution >= 4 is 0 Å². The van der Waals surface area contributed by atoms with E-state index < -0.39 is 0 Å². The summed E-state index contributed by atoms with van der Waals surface area (Å²) in [6.45, 7) is 6.68. The molecule has 0 heteroatoms. The van der Waals surface area contributed by atoms with Crippen LogP contribution in [0, 0.1) is 6.08 Å². The van der Waals surface area contributed by atoms with Crippen LogP contribution in [0.3, 0.4) is 0 Å². The molecule has 0 saturated carbocycles. The fourth-order valence-corrected chi connectivity index (χ4v) is 1.98. The van der Waals surface area contributed by atoms with Gasteiger partial charge in [-0.1, -0.05) is 69.9 Å². The van der Waals surface area contributed by atoms with E-state index in [9.17, 15) is 0 Å². The van der Waals surface area contributed by atoms with Crippen molar-refractivity contribution in [3.8, 4) is 0 Å². The standard InChI is InChI=1S/C19H33/c1-4-7-10-12-15-18-19(16-13-9-6-3)17-14-11-8-5-2/h7,10-11,14H,4-6,8-9,12-13,15-17H2,1-3H3. The number of rotatable bonds is 12. The summed E-state index contributed by atoms with van der Waals surface area (Å²) < 4.78 is 0. The second kappa shape index (κ2) is 15.3. The van der Waals surface area contributed by atoms with Gasteiger partial charge in [0, 0.05) is 0 Å². The van der Waals surface area contributed by atoms with E-state index in [0.29, 0.717) is 0 Å². The van der Waals surface area contributed by atoms with Gasteiger partial charge < -0.3 is 0 Å². The van der Waals surface area contributed by atoms with E-state index in [2.05, 4.69) is 51.2 Å². The van der Waals surface area contributed by atoms with Gasteiger partial charge in [-0.2, -0.15) is 0 Å². The summed E-state index contributed by atoms with van der Waals surface area (Å²) in [6.07, 6.45) is 25.0. The molecule has 0 aliphatic carbocycles. The number of allylic oxidation sites excluding steroid dienone is 6. The molecule has 0 saturated heterocycles. The fraction of sp³-hybridized carbons (Fsp3) is 0.684. The van der Waals surface area contributed by atoms with Gasteiger partial charge in [-0.05, 0) is 51.0 Å². The molecular weight excluding hydrogens is 228 g/mol. The Morgan fingerprint density at radius 1 is 0.842 bits per heavy atom. The van der Waals surface area contributed by atoms with E-state index in [-0.39, 0.29) is 0 Å². The van der Waals surface area contributed by atoms with Crippen LogP contribution in [0.25, 0.3) is 0 Å². The molecule has 0 N–H and O–H groups in total. The quantitative estimate of drug-likeness (QED) is 0.268. The van der Waals surface area contributed by atoms with Crippen molar-refractivity contribution in [2.24, 2.45) is 0 Å². The van der Waals surface area contributed by atoms with Crippen molar-refractivity contribution in [1.29, 1.82) is 0 Å². The molecule has 0 aliphatic rings. The minimum absolute atomic E-state index is 1.08. The first kappa shape index (κ1) is 18.2. The van der Waals surface area contributed by atoms with Crippen molar-refractivity contribution in [2.75, 3.05) is 0 Å². The van der Waals surface area contributed by atoms with Crippen LogP contribution in [0.5, 0.6) is 0 Å². The monoisotopic (exact) mass is 261 g/mol. The third kappa shape index (κ3) is 13.5. The summed E-state index contributed by atoms with van der Waals surface area (Å²) in [5, 5.41) is 0. The maximum Gasteiger partial charge on any atom is -0.0133 e. The smallest absolute Gasteiger partial charge is 0.0133 e. The molecule has 0 aromatic heterocycles. The molecule has 0 aliphatic heterocycles. The van der Waals surface area contributed by atoms with E-state index in [1.165, 1.54) is 44.1 Å². The highest BCUT2D eigenvalue weighted by Gasteiger charge is 1.96. The second-order valence-electron chi connectivity index (χ2n) is 5.12. The molecule has 0 bridgehead atoms. The molecule has 0 fully saturated rings. The second-order valence-corrected chi connectivity index (χ2v) is 5.12. The highest BCUT2D eigenvalue weighted by Crippen LogP contribution is 2.15. The molecule has 0 amide bonds. The minimum Gasteiger partial charge on any atom is -0.0888 e. The van der Waals surface area contributed by atoms with E-state index in [1.54, 1.807) is 0 Å². The Morgan fingerprint density at radius 2 is 1.63 bits per heavy atom. The average Bonchev–Trinajstić information content (AvgIpc) is 2.42. The summed E-state index contributed by atoms with van der Waals surface area (Å²) in [4.78, 5) is 0. The zero-order valence-corrected chi connectivity index (χ0v) is 13.4. The molecule has 0 atom stereocenters. The fourth-order valence-electron chi connectivity index (χ4n) is 1.98. The van der Waals surface area contributed by atoms with Gasteiger partial charge in [-0.3, -0.25) is 0 Å². The van der Waals surface area contributed by atoms with Gasteiger partial charge in [-0.25, -0.2) is 0 Å². The Kier molecular flexibility index (Phi) is 14.7. The molecule has 0 rings (SSSR count). The largest absolute Gasteiger partial charge is 0.0888 e. The van der Waals surface area contributed by atoms with Crippen molar-refractivity contribution in [3.05, 3.63) is 36.0 Å². The first-order chi connectivity index (χ1) is 9.35. The lowest BCUT2D eigenvalue weighted by Crippen LogP contribution is -1.85. The SMILES string of the molecule is CCC=CCC/[C]=C(/CC=CCCC)CCCCC. The van der Waals surface area contributed by atoms with Gasteiger partial charge in [0.1, 0.15) is 0 Å². The van der Waals surface area contributed by atoms with Crippen molar-refractivity contribution in [2.45, 2.75) is 85.0 Å². The molecule has 0 unspecified atom stereocenters. The van der Waals surface area contributed by atoms with E-state index in [0.717, 1.165) is 25.7 Å². The normalized spacial score (nSPS) is 12.9. The van der Waals surface area contributed by atoms with Crippen LogP contribution in [-0.2, 0) is 0 Å².